The van der Waals surface area contributed by atoms with Gasteiger partial charge in [0.1, 0.15) is 0 Å². The van der Waals surface area contributed by atoms with Gasteiger partial charge in [-0.05, 0) is 43.0 Å². The van der Waals surface area contributed by atoms with Gasteiger partial charge in [-0.1, -0.05) is 19.8 Å². The summed E-state index contributed by atoms with van der Waals surface area (Å²) in [7, 11) is 3.98. The van der Waals surface area contributed by atoms with Crippen LogP contribution in [-0.2, 0) is 4.79 Å². The number of rotatable bonds is 3. The molecule has 4 nitrogen and oxygen atoms in total. The summed E-state index contributed by atoms with van der Waals surface area (Å²) in [6.07, 6.45) is 3.75. The number of benzene rings is 1. The van der Waals surface area contributed by atoms with Gasteiger partial charge in [-0.25, -0.2) is 0 Å². The summed E-state index contributed by atoms with van der Waals surface area (Å²) < 4.78 is 0. The molecule has 0 saturated heterocycles. The predicted molar refractivity (Wildman–Crippen MR) is 83.9 cm³/mol. The number of anilines is 2. The second-order valence-corrected chi connectivity index (χ2v) is 6.25. The summed E-state index contributed by atoms with van der Waals surface area (Å²) >= 11 is 0. The molecule has 0 heterocycles. The van der Waals surface area contributed by atoms with Crippen LogP contribution in [0.1, 0.15) is 32.6 Å². The van der Waals surface area contributed by atoms with Crippen molar-refractivity contribution < 1.29 is 4.79 Å². The summed E-state index contributed by atoms with van der Waals surface area (Å²) in [5.41, 5.74) is 7.51. The zero-order valence-electron chi connectivity index (χ0n) is 12.6. The molecular weight excluding hydrogens is 250 g/mol. The SMILES string of the molecule is CC1CCCC(N)(C(=O)Nc2ccc(N(C)C)cc2)C1. The van der Waals surface area contributed by atoms with Crippen molar-refractivity contribution in [3.63, 3.8) is 0 Å². The molecule has 1 fully saturated rings. The topological polar surface area (TPSA) is 58.4 Å². The van der Waals surface area contributed by atoms with E-state index in [2.05, 4.69) is 12.2 Å². The maximum absolute atomic E-state index is 12.4. The molecule has 1 aromatic rings. The number of nitrogens with one attached hydrogen (secondary N) is 1. The number of amides is 1. The van der Waals surface area contributed by atoms with Gasteiger partial charge in [-0.3, -0.25) is 4.79 Å². The molecule has 110 valence electrons. The monoisotopic (exact) mass is 275 g/mol. The Morgan fingerprint density at radius 2 is 2.00 bits per heavy atom. The molecule has 0 spiro atoms. The van der Waals surface area contributed by atoms with Crippen LogP contribution in [0.25, 0.3) is 0 Å². The van der Waals surface area contributed by atoms with E-state index in [9.17, 15) is 4.79 Å². The Balaban J connectivity index is 2.03. The van der Waals surface area contributed by atoms with E-state index in [1.807, 2.05) is 43.3 Å². The highest BCUT2D eigenvalue weighted by Crippen LogP contribution is 2.31. The third kappa shape index (κ3) is 3.31. The second kappa shape index (κ2) is 5.83. The highest BCUT2D eigenvalue weighted by atomic mass is 16.2. The molecule has 2 rings (SSSR count). The minimum Gasteiger partial charge on any atom is -0.378 e. The van der Waals surface area contributed by atoms with Crippen molar-refractivity contribution >= 4 is 17.3 Å². The van der Waals surface area contributed by atoms with Crippen LogP contribution < -0.4 is 16.0 Å². The molecule has 2 unspecified atom stereocenters. The van der Waals surface area contributed by atoms with Gasteiger partial charge >= 0.3 is 0 Å². The smallest absolute Gasteiger partial charge is 0.244 e. The average Bonchev–Trinajstić information content (AvgIpc) is 2.39. The van der Waals surface area contributed by atoms with Crippen LogP contribution in [0, 0.1) is 5.92 Å². The van der Waals surface area contributed by atoms with Crippen LogP contribution in [0.15, 0.2) is 24.3 Å². The van der Waals surface area contributed by atoms with E-state index < -0.39 is 5.54 Å². The normalized spacial score (nSPS) is 26.1. The number of nitrogens with two attached hydrogens (primary N) is 1. The van der Waals surface area contributed by atoms with Crippen molar-refractivity contribution in [1.29, 1.82) is 0 Å². The average molecular weight is 275 g/mol. The number of hydrogen-bond donors (Lipinski definition) is 2. The molecule has 0 aliphatic heterocycles. The molecule has 4 heteroatoms. The third-order valence-electron chi connectivity index (χ3n) is 4.13. The first-order chi connectivity index (χ1) is 9.40. The van der Waals surface area contributed by atoms with Crippen LogP contribution in [-0.4, -0.2) is 25.5 Å². The number of hydrogen-bond acceptors (Lipinski definition) is 3. The molecule has 1 amide bonds. The van der Waals surface area contributed by atoms with E-state index in [1.165, 1.54) is 6.42 Å². The Morgan fingerprint density at radius 1 is 1.35 bits per heavy atom. The minimum atomic E-state index is -0.710. The van der Waals surface area contributed by atoms with E-state index in [1.54, 1.807) is 0 Å². The first kappa shape index (κ1) is 14.9. The first-order valence-corrected chi connectivity index (χ1v) is 7.28. The van der Waals surface area contributed by atoms with E-state index >= 15 is 0 Å². The fourth-order valence-corrected chi connectivity index (χ4v) is 2.90. The van der Waals surface area contributed by atoms with Crippen molar-refractivity contribution in [3.05, 3.63) is 24.3 Å². The molecule has 1 aromatic carbocycles. The quantitative estimate of drug-likeness (QED) is 0.891. The number of nitrogens with zero attached hydrogens (tertiary/aromatic N) is 1. The van der Waals surface area contributed by atoms with E-state index in [-0.39, 0.29) is 5.91 Å². The molecule has 1 saturated carbocycles. The zero-order valence-corrected chi connectivity index (χ0v) is 12.6. The lowest BCUT2D eigenvalue weighted by molar-refractivity contribution is -0.122. The van der Waals surface area contributed by atoms with Crippen molar-refractivity contribution in [2.24, 2.45) is 11.7 Å². The molecule has 0 bridgehead atoms. The predicted octanol–water partition coefficient (Wildman–Crippen LogP) is 2.60. The molecule has 20 heavy (non-hydrogen) atoms. The molecule has 0 radical (unpaired) electrons. The second-order valence-electron chi connectivity index (χ2n) is 6.25. The van der Waals surface area contributed by atoms with Crippen LogP contribution in [0.3, 0.4) is 0 Å². The Labute approximate surface area is 121 Å². The van der Waals surface area contributed by atoms with Gasteiger partial charge in [0.05, 0.1) is 5.54 Å². The highest BCUT2D eigenvalue weighted by Gasteiger charge is 2.37. The fourth-order valence-electron chi connectivity index (χ4n) is 2.90. The molecule has 3 N–H and O–H groups in total. The summed E-state index contributed by atoms with van der Waals surface area (Å²) in [6, 6.07) is 7.82. The van der Waals surface area contributed by atoms with Crippen molar-refractivity contribution in [2.45, 2.75) is 38.1 Å². The van der Waals surface area contributed by atoms with Gasteiger partial charge in [0.15, 0.2) is 0 Å². The molecule has 1 aliphatic rings. The summed E-state index contributed by atoms with van der Waals surface area (Å²) in [4.78, 5) is 14.4. The minimum absolute atomic E-state index is 0.0540. The Bertz CT molecular complexity index is 469. The third-order valence-corrected chi connectivity index (χ3v) is 4.13. The van der Waals surface area contributed by atoms with Gasteiger partial charge in [-0.2, -0.15) is 0 Å². The van der Waals surface area contributed by atoms with E-state index in [0.29, 0.717) is 5.92 Å². The lowest BCUT2D eigenvalue weighted by Crippen LogP contribution is -2.53. The zero-order chi connectivity index (χ0) is 14.8. The van der Waals surface area contributed by atoms with E-state index in [4.69, 9.17) is 5.73 Å². The number of carbonyl (C=O) groups excluding carboxylic acids is 1. The van der Waals surface area contributed by atoms with E-state index in [0.717, 1.165) is 30.6 Å². The van der Waals surface area contributed by atoms with Gasteiger partial charge in [0.25, 0.3) is 0 Å². The lowest BCUT2D eigenvalue weighted by Gasteiger charge is -2.35. The summed E-state index contributed by atoms with van der Waals surface area (Å²) in [5, 5.41) is 2.96. The van der Waals surface area contributed by atoms with Crippen LogP contribution in [0.4, 0.5) is 11.4 Å². The molecular formula is C16H25N3O. The first-order valence-electron chi connectivity index (χ1n) is 7.28. The van der Waals surface area contributed by atoms with Crippen molar-refractivity contribution in [2.75, 3.05) is 24.3 Å². The van der Waals surface area contributed by atoms with Crippen molar-refractivity contribution in [3.8, 4) is 0 Å². The van der Waals surface area contributed by atoms with Crippen molar-refractivity contribution in [1.82, 2.24) is 0 Å². The van der Waals surface area contributed by atoms with Gasteiger partial charge in [-0.15, -0.1) is 0 Å². The van der Waals surface area contributed by atoms with Gasteiger partial charge < -0.3 is 16.0 Å². The Kier molecular flexibility index (Phi) is 4.33. The van der Waals surface area contributed by atoms with Crippen LogP contribution in [0.2, 0.25) is 0 Å². The van der Waals surface area contributed by atoms with Gasteiger partial charge in [0, 0.05) is 25.5 Å². The van der Waals surface area contributed by atoms with Crippen LogP contribution >= 0.6 is 0 Å². The summed E-state index contributed by atoms with van der Waals surface area (Å²) in [5.74, 6) is 0.470. The largest absolute Gasteiger partial charge is 0.378 e. The molecule has 1 aliphatic carbocycles. The maximum Gasteiger partial charge on any atom is 0.244 e. The highest BCUT2D eigenvalue weighted by molar-refractivity contribution is 5.98. The fraction of sp³-hybridized carbons (Fsp3) is 0.562. The lowest BCUT2D eigenvalue weighted by atomic mass is 9.76. The molecule has 0 aromatic heterocycles. The molecule has 2 atom stereocenters. The van der Waals surface area contributed by atoms with Gasteiger partial charge in [0.2, 0.25) is 5.91 Å². The number of carbonyl (C=O) groups is 1. The van der Waals surface area contributed by atoms with Crippen LogP contribution in [0.5, 0.6) is 0 Å². The Hall–Kier alpha value is -1.55. The summed E-state index contributed by atoms with van der Waals surface area (Å²) in [6.45, 7) is 2.17. The Morgan fingerprint density at radius 3 is 2.55 bits per heavy atom. The maximum atomic E-state index is 12.4. The standard InChI is InChI=1S/C16H25N3O/c1-12-5-4-10-16(17,11-12)15(20)18-13-6-8-14(9-7-13)19(2)3/h6-9,12H,4-5,10-11,17H2,1-3H3,(H,18,20).